The summed E-state index contributed by atoms with van der Waals surface area (Å²) >= 11 is 0. The van der Waals surface area contributed by atoms with Crippen molar-refractivity contribution in [3.63, 3.8) is 0 Å². The molecule has 0 radical (unpaired) electrons. The van der Waals surface area contributed by atoms with Crippen molar-refractivity contribution in [2.45, 2.75) is 25.8 Å². The van der Waals surface area contributed by atoms with Crippen LogP contribution in [0.25, 0.3) is 0 Å². The Morgan fingerprint density at radius 3 is 2.89 bits per heavy atom. The molecule has 1 fully saturated rings. The molecular weight excluding hydrogens is 273 g/mol. The summed E-state index contributed by atoms with van der Waals surface area (Å²) in [5.74, 6) is -0.0631. The molecule has 2 heterocycles. The number of halogens is 2. The number of nitrogens with zero attached hydrogens (tertiary/aromatic N) is 1. The normalized spacial score (nSPS) is 18.2. The molecule has 1 saturated heterocycles. The molecule has 1 amide bonds. The topological polar surface area (TPSA) is 54.0 Å². The highest BCUT2D eigenvalue weighted by atomic mass is 35.5. The molecule has 0 aliphatic carbocycles. The third-order valence-electron chi connectivity index (χ3n) is 2.86. The smallest absolute Gasteiger partial charge is 0.270 e. The number of rotatable bonds is 2. The van der Waals surface area contributed by atoms with Crippen molar-refractivity contribution in [1.82, 2.24) is 15.6 Å². The van der Waals surface area contributed by atoms with Gasteiger partial charge in [-0.15, -0.1) is 24.8 Å². The summed E-state index contributed by atoms with van der Waals surface area (Å²) in [4.78, 5) is 16.0. The van der Waals surface area contributed by atoms with Crippen molar-refractivity contribution in [2.75, 3.05) is 13.1 Å². The molecule has 1 aromatic heterocycles. The minimum Gasteiger partial charge on any atom is -0.347 e. The van der Waals surface area contributed by atoms with Gasteiger partial charge in [-0.2, -0.15) is 0 Å². The maximum Gasteiger partial charge on any atom is 0.270 e. The van der Waals surface area contributed by atoms with Crippen LogP contribution in [0.3, 0.4) is 0 Å². The van der Waals surface area contributed by atoms with Gasteiger partial charge in [0.2, 0.25) is 0 Å². The summed E-state index contributed by atoms with van der Waals surface area (Å²) in [5.41, 5.74) is 1.46. The van der Waals surface area contributed by atoms with E-state index < -0.39 is 0 Å². The van der Waals surface area contributed by atoms with E-state index >= 15 is 0 Å². The molecule has 2 rings (SSSR count). The molecule has 0 saturated carbocycles. The predicted octanol–water partition coefficient (Wildman–Crippen LogP) is 1.72. The van der Waals surface area contributed by atoms with Gasteiger partial charge in [0.25, 0.3) is 5.91 Å². The summed E-state index contributed by atoms with van der Waals surface area (Å²) in [6.45, 7) is 3.81. The highest BCUT2D eigenvalue weighted by Crippen LogP contribution is 2.06. The number of nitrogens with one attached hydrogen (secondary N) is 2. The van der Waals surface area contributed by atoms with E-state index in [1.165, 1.54) is 0 Å². The zero-order valence-electron chi connectivity index (χ0n) is 10.3. The Balaban J connectivity index is 0.00000144. The van der Waals surface area contributed by atoms with Crippen LogP contribution in [-0.4, -0.2) is 30.0 Å². The van der Waals surface area contributed by atoms with E-state index in [1.807, 2.05) is 19.1 Å². The van der Waals surface area contributed by atoms with Gasteiger partial charge in [-0.1, -0.05) is 6.07 Å². The number of pyridine rings is 1. The lowest BCUT2D eigenvalue weighted by atomic mass is 10.1. The van der Waals surface area contributed by atoms with Crippen LogP contribution in [0.15, 0.2) is 18.3 Å². The molecule has 2 N–H and O–H groups in total. The van der Waals surface area contributed by atoms with Crippen molar-refractivity contribution in [1.29, 1.82) is 0 Å². The molecule has 1 aliphatic rings. The quantitative estimate of drug-likeness (QED) is 0.872. The fourth-order valence-electron chi connectivity index (χ4n) is 1.95. The fourth-order valence-corrected chi connectivity index (χ4v) is 1.95. The van der Waals surface area contributed by atoms with E-state index in [9.17, 15) is 4.79 Å². The minimum atomic E-state index is -0.0631. The summed E-state index contributed by atoms with van der Waals surface area (Å²) in [5, 5.41) is 6.28. The van der Waals surface area contributed by atoms with Crippen molar-refractivity contribution in [3.05, 3.63) is 29.6 Å². The van der Waals surface area contributed by atoms with Crippen LogP contribution in [-0.2, 0) is 0 Å². The number of aromatic nitrogens is 1. The first-order valence-electron chi connectivity index (χ1n) is 5.70. The van der Waals surface area contributed by atoms with Crippen LogP contribution in [0.5, 0.6) is 0 Å². The van der Waals surface area contributed by atoms with Gasteiger partial charge >= 0.3 is 0 Å². The molecular formula is C12H19Cl2N3O. The van der Waals surface area contributed by atoms with Crippen molar-refractivity contribution < 1.29 is 4.79 Å². The number of aryl methyl sites for hydroxylation is 1. The summed E-state index contributed by atoms with van der Waals surface area (Å²) in [6, 6.07) is 3.98. The van der Waals surface area contributed by atoms with Gasteiger partial charge < -0.3 is 10.6 Å². The zero-order chi connectivity index (χ0) is 11.4. The van der Waals surface area contributed by atoms with Crippen LogP contribution in [0, 0.1) is 6.92 Å². The predicted molar refractivity (Wildman–Crippen MR) is 76.8 cm³/mol. The Bertz CT molecular complexity index is 381. The first-order valence-corrected chi connectivity index (χ1v) is 5.70. The van der Waals surface area contributed by atoms with Crippen LogP contribution >= 0.6 is 24.8 Å². The number of carbonyl (C=O) groups is 1. The highest BCUT2D eigenvalue weighted by molar-refractivity contribution is 5.93. The summed E-state index contributed by atoms with van der Waals surface area (Å²) in [7, 11) is 0. The van der Waals surface area contributed by atoms with Crippen molar-refractivity contribution >= 4 is 30.7 Å². The molecule has 18 heavy (non-hydrogen) atoms. The van der Waals surface area contributed by atoms with E-state index in [0.717, 1.165) is 31.5 Å². The highest BCUT2D eigenvalue weighted by Gasteiger charge is 2.17. The minimum absolute atomic E-state index is 0. The standard InChI is InChI=1S/C12H17N3O.2ClH/c1-9-4-2-7-14-11(9)12(16)15-10-5-3-6-13-8-10;;/h2,4,7,10,13H,3,5-6,8H2,1H3,(H,15,16);2*1H/t10-;;/m1../s1. The van der Waals surface area contributed by atoms with Crippen molar-refractivity contribution in [2.24, 2.45) is 0 Å². The fraction of sp³-hybridized carbons (Fsp3) is 0.500. The summed E-state index contributed by atoms with van der Waals surface area (Å²) < 4.78 is 0. The van der Waals surface area contributed by atoms with E-state index in [4.69, 9.17) is 0 Å². The van der Waals surface area contributed by atoms with Crippen LogP contribution in [0.2, 0.25) is 0 Å². The monoisotopic (exact) mass is 291 g/mol. The van der Waals surface area contributed by atoms with E-state index in [-0.39, 0.29) is 36.8 Å². The third-order valence-corrected chi connectivity index (χ3v) is 2.86. The van der Waals surface area contributed by atoms with Gasteiger partial charge in [-0.25, -0.2) is 0 Å². The van der Waals surface area contributed by atoms with Crippen LogP contribution < -0.4 is 10.6 Å². The number of hydrogen-bond donors (Lipinski definition) is 2. The number of hydrogen-bond acceptors (Lipinski definition) is 3. The molecule has 0 spiro atoms. The third kappa shape index (κ3) is 4.44. The Hall–Kier alpha value is -0.840. The van der Waals surface area contributed by atoms with E-state index in [0.29, 0.717) is 5.69 Å². The Kier molecular flexibility index (Phi) is 7.91. The molecule has 0 bridgehead atoms. The Morgan fingerprint density at radius 2 is 2.28 bits per heavy atom. The lowest BCUT2D eigenvalue weighted by Crippen LogP contribution is -2.45. The average molecular weight is 292 g/mol. The van der Waals surface area contributed by atoms with Gasteiger partial charge in [0, 0.05) is 18.8 Å². The van der Waals surface area contributed by atoms with Gasteiger partial charge in [0.05, 0.1) is 0 Å². The first-order chi connectivity index (χ1) is 7.77. The second-order valence-electron chi connectivity index (χ2n) is 4.19. The summed E-state index contributed by atoms with van der Waals surface area (Å²) in [6.07, 6.45) is 3.82. The number of carbonyl (C=O) groups excluding carboxylic acids is 1. The molecule has 102 valence electrons. The molecule has 1 atom stereocenters. The Labute approximate surface area is 120 Å². The van der Waals surface area contributed by atoms with Crippen LogP contribution in [0.1, 0.15) is 28.9 Å². The first kappa shape index (κ1) is 17.2. The molecule has 1 aromatic rings. The second kappa shape index (κ2) is 8.29. The van der Waals surface area contributed by atoms with E-state index in [1.54, 1.807) is 6.20 Å². The SMILES string of the molecule is Cc1cccnc1C(=O)N[C@@H]1CCCNC1.Cl.Cl. The number of piperidine rings is 1. The van der Waals surface area contributed by atoms with Crippen LogP contribution in [0.4, 0.5) is 0 Å². The van der Waals surface area contributed by atoms with Gasteiger partial charge in [0.1, 0.15) is 5.69 Å². The Morgan fingerprint density at radius 1 is 1.50 bits per heavy atom. The molecule has 1 aliphatic heterocycles. The van der Waals surface area contributed by atoms with Crippen molar-refractivity contribution in [3.8, 4) is 0 Å². The average Bonchev–Trinajstić information content (AvgIpc) is 2.31. The largest absolute Gasteiger partial charge is 0.347 e. The zero-order valence-corrected chi connectivity index (χ0v) is 11.9. The second-order valence-corrected chi connectivity index (χ2v) is 4.19. The maximum atomic E-state index is 11.9. The molecule has 0 aromatic carbocycles. The molecule has 4 nitrogen and oxygen atoms in total. The number of amides is 1. The lowest BCUT2D eigenvalue weighted by Gasteiger charge is -2.23. The lowest BCUT2D eigenvalue weighted by molar-refractivity contribution is 0.0925. The maximum absolute atomic E-state index is 11.9. The molecule has 0 unspecified atom stereocenters. The van der Waals surface area contributed by atoms with Gasteiger partial charge in [-0.05, 0) is 37.9 Å². The van der Waals surface area contributed by atoms with Gasteiger partial charge in [0.15, 0.2) is 0 Å². The van der Waals surface area contributed by atoms with E-state index in [2.05, 4.69) is 15.6 Å². The van der Waals surface area contributed by atoms with Gasteiger partial charge in [-0.3, -0.25) is 9.78 Å². The molecule has 6 heteroatoms.